The third kappa shape index (κ3) is 3.17. The number of nitrogens with zero attached hydrogens (tertiary/aromatic N) is 1. The Bertz CT molecular complexity index is 450. The van der Waals surface area contributed by atoms with Gasteiger partial charge in [0.25, 0.3) is 0 Å². The van der Waals surface area contributed by atoms with E-state index in [9.17, 15) is 13.2 Å². The first-order valence-electron chi connectivity index (χ1n) is 7.59. The van der Waals surface area contributed by atoms with Crippen LogP contribution in [0.2, 0.25) is 0 Å². The van der Waals surface area contributed by atoms with E-state index < -0.39 is 9.84 Å². The lowest BCUT2D eigenvalue weighted by atomic mass is 9.75. The fourth-order valence-electron chi connectivity index (χ4n) is 3.57. The zero-order valence-corrected chi connectivity index (χ0v) is 13.3. The van der Waals surface area contributed by atoms with Gasteiger partial charge in [0.1, 0.15) is 0 Å². The standard InChI is InChI=1S/C14H26N2O3S/c1-3-6-14(7-4-8-15-11-14)13(17)16(2)12-5-9-20(18,19)10-12/h12,15H,3-11H2,1-2H3. The molecule has 2 unspecified atom stereocenters. The van der Waals surface area contributed by atoms with Gasteiger partial charge in [-0.25, -0.2) is 8.42 Å². The number of carbonyl (C=O) groups excluding carboxylic acids is 1. The smallest absolute Gasteiger partial charge is 0.230 e. The molecule has 0 spiro atoms. The van der Waals surface area contributed by atoms with Crippen LogP contribution in [0.5, 0.6) is 0 Å². The van der Waals surface area contributed by atoms with Gasteiger partial charge in [-0.15, -0.1) is 0 Å². The Kier molecular flexibility index (Phi) is 4.74. The summed E-state index contributed by atoms with van der Waals surface area (Å²) in [4.78, 5) is 14.6. The molecule has 1 N–H and O–H groups in total. The summed E-state index contributed by atoms with van der Waals surface area (Å²) in [6, 6.07) is -0.136. The number of hydrogen-bond acceptors (Lipinski definition) is 4. The first kappa shape index (κ1) is 15.8. The van der Waals surface area contributed by atoms with E-state index in [-0.39, 0.29) is 28.9 Å². The van der Waals surface area contributed by atoms with E-state index in [4.69, 9.17) is 0 Å². The lowest BCUT2D eigenvalue weighted by Gasteiger charge is -2.40. The van der Waals surface area contributed by atoms with E-state index in [1.54, 1.807) is 11.9 Å². The summed E-state index contributed by atoms with van der Waals surface area (Å²) in [5.74, 6) is 0.479. The van der Waals surface area contributed by atoms with Gasteiger partial charge >= 0.3 is 0 Å². The minimum absolute atomic E-state index is 0.130. The maximum Gasteiger partial charge on any atom is 0.230 e. The molecule has 0 aromatic heterocycles. The van der Waals surface area contributed by atoms with E-state index in [1.165, 1.54) is 0 Å². The number of sulfone groups is 1. The van der Waals surface area contributed by atoms with Crippen LogP contribution in [0, 0.1) is 5.41 Å². The molecule has 116 valence electrons. The Morgan fingerprint density at radius 3 is 2.70 bits per heavy atom. The summed E-state index contributed by atoms with van der Waals surface area (Å²) in [7, 11) is -1.17. The molecular formula is C14H26N2O3S. The van der Waals surface area contributed by atoms with Gasteiger partial charge < -0.3 is 10.2 Å². The lowest BCUT2D eigenvalue weighted by molar-refractivity contribution is -0.144. The third-order valence-electron chi connectivity index (χ3n) is 4.73. The Hall–Kier alpha value is -0.620. The van der Waals surface area contributed by atoms with Crippen LogP contribution in [0.4, 0.5) is 0 Å². The number of hydrogen-bond donors (Lipinski definition) is 1. The topological polar surface area (TPSA) is 66.5 Å². The fourth-order valence-corrected chi connectivity index (χ4v) is 5.34. The van der Waals surface area contributed by atoms with E-state index in [1.807, 2.05) is 0 Å². The maximum atomic E-state index is 12.9. The molecule has 0 aliphatic carbocycles. The van der Waals surface area contributed by atoms with Crippen molar-refractivity contribution < 1.29 is 13.2 Å². The molecule has 2 atom stereocenters. The van der Waals surface area contributed by atoms with Gasteiger partial charge in [-0.05, 0) is 32.2 Å². The van der Waals surface area contributed by atoms with Gasteiger partial charge in [-0.2, -0.15) is 0 Å². The van der Waals surface area contributed by atoms with Crippen molar-refractivity contribution in [1.29, 1.82) is 0 Å². The molecule has 0 aromatic rings. The molecule has 2 aliphatic heterocycles. The largest absolute Gasteiger partial charge is 0.341 e. The van der Waals surface area contributed by atoms with Crippen molar-refractivity contribution in [3.8, 4) is 0 Å². The highest BCUT2D eigenvalue weighted by atomic mass is 32.2. The van der Waals surface area contributed by atoms with Crippen molar-refractivity contribution in [2.24, 2.45) is 5.41 Å². The summed E-state index contributed by atoms with van der Waals surface area (Å²) < 4.78 is 23.2. The van der Waals surface area contributed by atoms with Gasteiger partial charge in [0.05, 0.1) is 16.9 Å². The van der Waals surface area contributed by atoms with Gasteiger partial charge in [0.15, 0.2) is 9.84 Å². The lowest BCUT2D eigenvalue weighted by Crippen LogP contribution is -2.53. The van der Waals surface area contributed by atoms with Gasteiger partial charge in [-0.1, -0.05) is 13.3 Å². The van der Waals surface area contributed by atoms with Crippen LogP contribution in [-0.4, -0.2) is 56.9 Å². The van der Waals surface area contributed by atoms with Gasteiger partial charge in [0, 0.05) is 19.6 Å². The monoisotopic (exact) mass is 302 g/mol. The van der Waals surface area contributed by atoms with Crippen molar-refractivity contribution in [3.63, 3.8) is 0 Å². The fraction of sp³-hybridized carbons (Fsp3) is 0.929. The molecule has 2 aliphatic rings. The molecule has 1 amide bonds. The van der Waals surface area contributed by atoms with Crippen LogP contribution < -0.4 is 5.32 Å². The number of amides is 1. The highest BCUT2D eigenvalue weighted by Gasteiger charge is 2.43. The number of carbonyl (C=O) groups is 1. The van der Waals surface area contributed by atoms with Crippen molar-refractivity contribution >= 4 is 15.7 Å². The maximum absolute atomic E-state index is 12.9. The average Bonchev–Trinajstić information content (AvgIpc) is 2.79. The molecule has 2 rings (SSSR count). The highest BCUT2D eigenvalue weighted by Crippen LogP contribution is 2.35. The average molecular weight is 302 g/mol. The molecule has 2 saturated heterocycles. The van der Waals surface area contributed by atoms with Crippen LogP contribution in [0.3, 0.4) is 0 Å². The molecular weight excluding hydrogens is 276 g/mol. The van der Waals surface area contributed by atoms with E-state index in [0.29, 0.717) is 6.42 Å². The molecule has 6 heteroatoms. The Morgan fingerprint density at radius 2 is 2.20 bits per heavy atom. The zero-order chi connectivity index (χ0) is 14.8. The quantitative estimate of drug-likeness (QED) is 0.834. The summed E-state index contributed by atoms with van der Waals surface area (Å²) in [6.07, 6.45) is 4.37. The number of piperidine rings is 1. The molecule has 0 bridgehead atoms. The number of nitrogens with one attached hydrogen (secondary N) is 1. The van der Waals surface area contributed by atoms with Crippen LogP contribution in [0.25, 0.3) is 0 Å². The van der Waals surface area contributed by atoms with E-state index in [0.717, 1.165) is 38.8 Å². The van der Waals surface area contributed by atoms with Crippen molar-refractivity contribution in [2.75, 3.05) is 31.6 Å². The first-order valence-corrected chi connectivity index (χ1v) is 9.41. The number of rotatable bonds is 4. The van der Waals surface area contributed by atoms with Crippen LogP contribution in [-0.2, 0) is 14.6 Å². The molecule has 0 saturated carbocycles. The zero-order valence-electron chi connectivity index (χ0n) is 12.5. The van der Waals surface area contributed by atoms with Gasteiger partial charge in [0.2, 0.25) is 5.91 Å². The minimum atomic E-state index is -2.95. The predicted molar refractivity (Wildman–Crippen MR) is 79.3 cm³/mol. The minimum Gasteiger partial charge on any atom is -0.341 e. The Morgan fingerprint density at radius 1 is 1.45 bits per heavy atom. The second-order valence-corrected chi connectivity index (χ2v) is 8.51. The normalized spacial score (nSPS) is 33.0. The van der Waals surface area contributed by atoms with Crippen molar-refractivity contribution in [2.45, 2.75) is 45.1 Å². The second kappa shape index (κ2) is 6.02. The molecule has 0 radical (unpaired) electrons. The Balaban J connectivity index is 2.11. The second-order valence-electron chi connectivity index (χ2n) is 6.28. The predicted octanol–water partition coefficient (Wildman–Crippen LogP) is 0.802. The molecule has 20 heavy (non-hydrogen) atoms. The van der Waals surface area contributed by atoms with Crippen LogP contribution in [0.1, 0.15) is 39.0 Å². The molecule has 2 fully saturated rings. The van der Waals surface area contributed by atoms with E-state index >= 15 is 0 Å². The summed E-state index contributed by atoms with van der Waals surface area (Å²) in [5, 5.41) is 3.34. The van der Waals surface area contributed by atoms with Crippen molar-refractivity contribution in [1.82, 2.24) is 10.2 Å². The van der Waals surface area contributed by atoms with E-state index in [2.05, 4.69) is 12.2 Å². The SMILES string of the molecule is CCCC1(C(=O)N(C)C2CCS(=O)(=O)C2)CCCNC1. The first-order chi connectivity index (χ1) is 9.40. The Labute approximate surface area is 122 Å². The molecule has 2 heterocycles. The summed E-state index contributed by atoms with van der Waals surface area (Å²) in [6.45, 7) is 3.80. The third-order valence-corrected chi connectivity index (χ3v) is 6.48. The molecule has 0 aromatic carbocycles. The highest BCUT2D eigenvalue weighted by molar-refractivity contribution is 7.91. The summed E-state index contributed by atoms with van der Waals surface area (Å²) >= 11 is 0. The van der Waals surface area contributed by atoms with Crippen molar-refractivity contribution in [3.05, 3.63) is 0 Å². The van der Waals surface area contributed by atoms with Crippen LogP contribution in [0.15, 0.2) is 0 Å². The summed E-state index contributed by atoms with van der Waals surface area (Å²) in [5.41, 5.74) is -0.325. The van der Waals surface area contributed by atoms with Gasteiger partial charge in [-0.3, -0.25) is 4.79 Å². The van der Waals surface area contributed by atoms with Crippen LogP contribution >= 0.6 is 0 Å². The molecule has 5 nitrogen and oxygen atoms in total.